The van der Waals surface area contributed by atoms with Crippen molar-refractivity contribution >= 4 is 29.2 Å². The van der Waals surface area contributed by atoms with Gasteiger partial charge in [-0.1, -0.05) is 54.1 Å². The third-order valence-electron chi connectivity index (χ3n) is 3.75. The number of urea groups is 1. The Morgan fingerprint density at radius 2 is 1.43 bits per heavy atom. The molecular formula is C21H18ClN3O3. The Bertz CT molecular complexity index is 929. The minimum Gasteiger partial charge on any atom is -0.484 e. The Morgan fingerprint density at radius 3 is 2.11 bits per heavy atom. The topological polar surface area (TPSA) is 79.5 Å². The van der Waals surface area contributed by atoms with E-state index in [2.05, 4.69) is 16.2 Å². The van der Waals surface area contributed by atoms with Crippen LogP contribution in [0.3, 0.4) is 0 Å². The highest BCUT2D eigenvalue weighted by atomic mass is 35.5. The van der Waals surface area contributed by atoms with Gasteiger partial charge in [-0.05, 0) is 47.5 Å². The molecule has 142 valence electrons. The first kappa shape index (κ1) is 19.3. The number of hydrogen-bond donors (Lipinski definition) is 3. The van der Waals surface area contributed by atoms with Gasteiger partial charge in [0.25, 0.3) is 5.91 Å². The maximum atomic E-state index is 11.8. The molecule has 0 aromatic heterocycles. The zero-order valence-electron chi connectivity index (χ0n) is 14.8. The van der Waals surface area contributed by atoms with Gasteiger partial charge in [0, 0.05) is 10.7 Å². The van der Waals surface area contributed by atoms with E-state index in [0.717, 1.165) is 11.1 Å². The monoisotopic (exact) mass is 395 g/mol. The average Bonchev–Trinajstić information content (AvgIpc) is 2.73. The molecule has 3 aromatic rings. The summed E-state index contributed by atoms with van der Waals surface area (Å²) in [6.45, 7) is -0.230. The van der Waals surface area contributed by atoms with E-state index in [9.17, 15) is 9.59 Å². The van der Waals surface area contributed by atoms with E-state index >= 15 is 0 Å². The van der Waals surface area contributed by atoms with Crippen LogP contribution in [0.4, 0.5) is 10.5 Å². The fraction of sp³-hybridized carbons (Fsp3) is 0.0476. The van der Waals surface area contributed by atoms with E-state index in [1.807, 2.05) is 42.5 Å². The van der Waals surface area contributed by atoms with Gasteiger partial charge in [0.1, 0.15) is 5.75 Å². The van der Waals surface area contributed by atoms with E-state index in [-0.39, 0.29) is 6.61 Å². The summed E-state index contributed by atoms with van der Waals surface area (Å²) in [6.07, 6.45) is 0. The number of amides is 3. The van der Waals surface area contributed by atoms with Crippen LogP contribution in [0.1, 0.15) is 0 Å². The molecule has 0 saturated heterocycles. The summed E-state index contributed by atoms with van der Waals surface area (Å²) < 4.78 is 5.42. The summed E-state index contributed by atoms with van der Waals surface area (Å²) in [7, 11) is 0. The first-order valence-corrected chi connectivity index (χ1v) is 8.87. The van der Waals surface area contributed by atoms with Crippen LogP contribution in [-0.2, 0) is 4.79 Å². The second-order valence-corrected chi connectivity index (χ2v) is 6.25. The molecule has 7 heteroatoms. The standard InChI is InChI=1S/C21H18ClN3O3/c22-17-8-10-18(11-9-17)23-21(27)25-24-20(26)14-28-19-12-6-16(7-13-19)15-4-2-1-3-5-15/h1-13H,14H2,(H,24,26)(H2,23,25,27). The highest BCUT2D eigenvalue weighted by molar-refractivity contribution is 6.30. The lowest BCUT2D eigenvalue weighted by atomic mass is 10.1. The van der Waals surface area contributed by atoms with E-state index < -0.39 is 11.9 Å². The zero-order valence-corrected chi connectivity index (χ0v) is 15.6. The summed E-state index contributed by atoms with van der Waals surface area (Å²) in [5, 5.41) is 3.12. The Hall–Kier alpha value is -3.51. The van der Waals surface area contributed by atoms with Gasteiger partial charge in [0.15, 0.2) is 6.61 Å². The van der Waals surface area contributed by atoms with E-state index in [1.165, 1.54) is 0 Å². The largest absolute Gasteiger partial charge is 0.484 e. The molecule has 0 saturated carbocycles. The van der Waals surface area contributed by atoms with Crippen molar-refractivity contribution in [2.45, 2.75) is 0 Å². The predicted octanol–water partition coefficient (Wildman–Crippen LogP) is 4.24. The normalized spacial score (nSPS) is 10.0. The Morgan fingerprint density at radius 1 is 0.786 bits per heavy atom. The molecule has 0 atom stereocenters. The van der Waals surface area contributed by atoms with Gasteiger partial charge < -0.3 is 10.1 Å². The number of anilines is 1. The lowest BCUT2D eigenvalue weighted by Crippen LogP contribution is -2.45. The first-order valence-electron chi connectivity index (χ1n) is 8.50. The van der Waals surface area contributed by atoms with Crippen LogP contribution in [-0.4, -0.2) is 18.5 Å². The maximum absolute atomic E-state index is 11.8. The van der Waals surface area contributed by atoms with Gasteiger partial charge in [-0.15, -0.1) is 0 Å². The second kappa shape index (κ2) is 9.43. The maximum Gasteiger partial charge on any atom is 0.337 e. The smallest absolute Gasteiger partial charge is 0.337 e. The van der Waals surface area contributed by atoms with Crippen molar-refractivity contribution in [3.63, 3.8) is 0 Å². The average molecular weight is 396 g/mol. The number of rotatable bonds is 5. The fourth-order valence-corrected chi connectivity index (χ4v) is 2.51. The summed E-state index contributed by atoms with van der Waals surface area (Å²) in [4.78, 5) is 23.5. The van der Waals surface area contributed by atoms with Crippen LogP contribution < -0.4 is 20.9 Å². The lowest BCUT2D eigenvalue weighted by Gasteiger charge is -2.10. The molecule has 0 aliphatic heterocycles. The molecule has 3 rings (SSSR count). The molecule has 6 nitrogen and oxygen atoms in total. The molecule has 0 spiro atoms. The molecule has 0 aliphatic carbocycles. The van der Waals surface area contributed by atoms with Gasteiger partial charge in [0.05, 0.1) is 0 Å². The number of hydrazine groups is 1. The molecule has 0 fully saturated rings. The molecule has 0 radical (unpaired) electrons. The van der Waals surface area contributed by atoms with Crippen molar-refractivity contribution in [3.05, 3.63) is 83.9 Å². The first-order chi connectivity index (χ1) is 13.6. The van der Waals surface area contributed by atoms with Crippen molar-refractivity contribution in [2.24, 2.45) is 0 Å². The van der Waals surface area contributed by atoms with Crippen molar-refractivity contribution in [1.29, 1.82) is 0 Å². The van der Waals surface area contributed by atoms with Crippen LogP contribution in [0.2, 0.25) is 5.02 Å². The number of halogens is 1. The summed E-state index contributed by atoms with van der Waals surface area (Å²) in [5.74, 6) is 0.0684. The van der Waals surface area contributed by atoms with Crippen LogP contribution >= 0.6 is 11.6 Å². The number of hydrogen-bond acceptors (Lipinski definition) is 3. The molecule has 3 aromatic carbocycles. The number of nitrogens with one attached hydrogen (secondary N) is 3. The third kappa shape index (κ3) is 5.75. The molecule has 0 heterocycles. The Kier molecular flexibility index (Phi) is 6.49. The molecule has 0 aliphatic rings. The highest BCUT2D eigenvalue weighted by Gasteiger charge is 2.06. The van der Waals surface area contributed by atoms with Gasteiger partial charge >= 0.3 is 6.03 Å². The van der Waals surface area contributed by atoms with Crippen LogP contribution in [0.15, 0.2) is 78.9 Å². The number of carbonyl (C=O) groups is 2. The van der Waals surface area contributed by atoms with Gasteiger partial charge in [-0.25, -0.2) is 10.2 Å². The molecule has 3 N–H and O–H groups in total. The van der Waals surface area contributed by atoms with Crippen LogP contribution in [0.5, 0.6) is 5.75 Å². The van der Waals surface area contributed by atoms with Crippen molar-refractivity contribution < 1.29 is 14.3 Å². The van der Waals surface area contributed by atoms with Crippen LogP contribution in [0, 0.1) is 0 Å². The Balaban J connectivity index is 1.41. The summed E-state index contributed by atoms with van der Waals surface area (Å²) >= 11 is 5.78. The molecule has 3 amide bonds. The predicted molar refractivity (Wildman–Crippen MR) is 109 cm³/mol. The van der Waals surface area contributed by atoms with E-state index in [4.69, 9.17) is 16.3 Å². The minimum atomic E-state index is -0.581. The molecular weight excluding hydrogens is 378 g/mol. The highest BCUT2D eigenvalue weighted by Crippen LogP contribution is 2.21. The second-order valence-electron chi connectivity index (χ2n) is 5.81. The zero-order chi connectivity index (χ0) is 19.8. The van der Waals surface area contributed by atoms with Crippen molar-refractivity contribution in [3.8, 4) is 16.9 Å². The van der Waals surface area contributed by atoms with E-state index in [0.29, 0.717) is 16.5 Å². The summed E-state index contributed by atoms with van der Waals surface area (Å²) in [5.41, 5.74) is 7.22. The minimum absolute atomic E-state index is 0.230. The van der Waals surface area contributed by atoms with Gasteiger partial charge in [-0.2, -0.15) is 0 Å². The SMILES string of the molecule is O=C(COc1ccc(-c2ccccc2)cc1)NNC(=O)Nc1ccc(Cl)cc1. The molecule has 0 unspecified atom stereocenters. The quantitative estimate of drug-likeness (QED) is 0.565. The van der Waals surface area contributed by atoms with Gasteiger partial charge in [-0.3, -0.25) is 10.2 Å². The number of ether oxygens (including phenoxy) is 1. The fourth-order valence-electron chi connectivity index (χ4n) is 2.38. The van der Waals surface area contributed by atoms with Crippen molar-refractivity contribution in [1.82, 2.24) is 10.9 Å². The van der Waals surface area contributed by atoms with Gasteiger partial charge in [0.2, 0.25) is 0 Å². The lowest BCUT2D eigenvalue weighted by molar-refractivity contribution is -0.123. The van der Waals surface area contributed by atoms with Crippen molar-refractivity contribution in [2.75, 3.05) is 11.9 Å². The van der Waals surface area contributed by atoms with E-state index in [1.54, 1.807) is 36.4 Å². The number of benzene rings is 3. The van der Waals surface area contributed by atoms with Crippen LogP contribution in [0.25, 0.3) is 11.1 Å². The third-order valence-corrected chi connectivity index (χ3v) is 4.00. The molecule has 28 heavy (non-hydrogen) atoms. The molecule has 0 bridgehead atoms. The summed E-state index contributed by atoms with van der Waals surface area (Å²) in [6, 6.07) is 23.4. The number of carbonyl (C=O) groups excluding carboxylic acids is 2. The Labute approximate surface area is 167 Å².